The first-order chi connectivity index (χ1) is 51.0. The van der Waals surface area contributed by atoms with Crippen molar-refractivity contribution >= 4 is 135 Å². The Morgan fingerprint density at radius 3 is 1.04 bits per heavy atom. The zero-order chi connectivity index (χ0) is 79.0. The highest BCUT2D eigenvalue weighted by Crippen LogP contribution is 2.49. The third-order valence-electron chi connectivity index (χ3n) is 17.4. The average Bonchev–Trinajstić information content (AvgIpc) is 0.757. The van der Waals surface area contributed by atoms with E-state index in [0.29, 0.717) is 91.8 Å². The molecule has 2 amide bonds. The summed E-state index contributed by atoms with van der Waals surface area (Å²) in [6.07, 6.45) is 6.93. The summed E-state index contributed by atoms with van der Waals surface area (Å²) in [5, 5.41) is 10.7. The molecule has 108 heavy (non-hydrogen) atoms. The number of ether oxygens (including phenoxy) is 2. The van der Waals surface area contributed by atoms with Gasteiger partial charge in [0.05, 0.1) is 85.9 Å². The highest BCUT2D eigenvalue weighted by Gasteiger charge is 2.33. The van der Waals surface area contributed by atoms with Gasteiger partial charge in [0.1, 0.15) is 86.2 Å². The maximum absolute atomic E-state index is 16.1. The van der Waals surface area contributed by atoms with Gasteiger partial charge in [-0.3, -0.25) is 14.4 Å². The number of methoxy groups -OCH3 is 2. The van der Waals surface area contributed by atoms with Crippen molar-refractivity contribution in [2.24, 2.45) is 0 Å². The largest absolute Gasteiger partial charge is 0.507 e. The smallest absolute Gasteiger partial charge is 0.246 e. The van der Waals surface area contributed by atoms with Crippen molar-refractivity contribution in [1.29, 1.82) is 0 Å². The lowest BCUT2D eigenvalue weighted by molar-refractivity contribution is -0.127. The number of nitrogens with zero attached hydrogens (tertiary/aromatic N) is 11. The molecule has 0 saturated carbocycles. The summed E-state index contributed by atoms with van der Waals surface area (Å²) in [6, 6.07) is 16.6. The SMILES string of the molecule is C=CC(=O)Cl.C=CC(=O)N1CCN(c2nc(CP(C)(C)=O)nc3c(F)c(-c4c(F)cccc4OC)c(Cl)cc23)CC1.C=CC(=O)N1CCN(c2nc(CP(C)(C)=O)nc3c(F)c(-c4c(O)cccc4F)c(Cl)cc23)CC1.COc1cccc(F)c1-c1c(Cl)cc2c(N3CCCCC3)nc(CP(C)(C)=O)nc2c1F. The molecule has 9 aromatic rings. The fourth-order valence-corrected chi connectivity index (χ4v) is 15.9. The minimum Gasteiger partial charge on any atom is -0.507 e. The molecule has 3 aromatic heterocycles. The molecule has 1 N–H and O–H groups in total. The third-order valence-corrected chi connectivity index (χ3v) is 21.6. The van der Waals surface area contributed by atoms with E-state index in [1.807, 2.05) is 9.80 Å². The van der Waals surface area contributed by atoms with Crippen molar-refractivity contribution in [1.82, 2.24) is 39.7 Å². The first-order valence-electron chi connectivity index (χ1n) is 33.7. The molecule has 572 valence electrons. The van der Waals surface area contributed by atoms with E-state index < -0.39 is 67.3 Å². The van der Waals surface area contributed by atoms with E-state index in [1.54, 1.807) is 61.9 Å². The van der Waals surface area contributed by atoms with Crippen LogP contribution in [-0.2, 0) is 46.6 Å². The number of aromatic nitrogens is 6. The number of anilines is 3. The van der Waals surface area contributed by atoms with E-state index >= 15 is 13.2 Å². The zero-order valence-corrected chi connectivity index (χ0v) is 66.1. The molecular formula is C75H78Cl4F6N11O9P3. The summed E-state index contributed by atoms with van der Waals surface area (Å²) in [5.41, 5.74) is -1.28. The Kier molecular flexibility index (Phi) is 27.3. The van der Waals surface area contributed by atoms with Crippen LogP contribution in [0.1, 0.15) is 36.7 Å². The lowest BCUT2D eigenvalue weighted by Gasteiger charge is -2.35. The maximum Gasteiger partial charge on any atom is 0.246 e. The first-order valence-corrected chi connectivity index (χ1v) is 43.6. The second-order valence-electron chi connectivity index (χ2n) is 26.8. The van der Waals surface area contributed by atoms with Crippen LogP contribution in [0, 0.1) is 34.9 Å². The Morgan fingerprint density at radius 2 is 0.750 bits per heavy atom. The normalized spacial score (nSPS) is 14.1. The number of phenolic OH excluding ortho intramolecular Hbond substituents is 1. The van der Waals surface area contributed by atoms with Crippen molar-refractivity contribution in [3.63, 3.8) is 0 Å². The second-order valence-corrected chi connectivity index (χ2v) is 38.8. The number of piperidine rings is 1. The number of fused-ring (bicyclic) bond motifs is 3. The fraction of sp³-hybridized carbons (Fsp3) is 0.320. The van der Waals surface area contributed by atoms with E-state index in [0.717, 1.165) is 44.5 Å². The molecule has 12 rings (SSSR count). The van der Waals surface area contributed by atoms with Crippen LogP contribution in [0.2, 0.25) is 15.1 Å². The summed E-state index contributed by atoms with van der Waals surface area (Å²) in [7, 11) is -4.99. The van der Waals surface area contributed by atoms with Gasteiger partial charge in [-0.05, 0) is 144 Å². The van der Waals surface area contributed by atoms with Gasteiger partial charge in [0.15, 0.2) is 17.5 Å². The standard InChI is InChI=1S/C25H26ClF2N4O3P.C24H24ClF2N4O3P.C23H25ClF2N3O2P.C3H3ClO/c1-5-20(33)31-9-11-32(12-10-31)25-15-13-16(26)21(22-17(27)7-6-8-18(22)35-2)23(28)24(15)29-19(30-25)14-36(3,4)34;1-4-19(33)30-8-10-31(11-9-30)24-14-12-15(25)20(21-16(26)6-5-7-17(21)32)22(27)23(14)28-18(29-24)13-35(2,3)34;1-31-17-9-7-8-16(25)20(17)19-15(24)12-14-22(21(19)26)27-18(13-32(2,3)30)28-23(14)29-10-5-4-6-11-29;1-2-3(4)5/h5-8,13H,1,9-12,14H2,2-4H3;4-7,12,32H,1,8-11,13H2,2-3H3;7-9,12H,4-6,10-11,13H2,1-3H3;2H,1H2. The van der Waals surface area contributed by atoms with Crippen LogP contribution in [-0.4, -0.2) is 182 Å². The highest BCUT2D eigenvalue weighted by atomic mass is 35.5. The van der Waals surface area contributed by atoms with Crippen molar-refractivity contribution in [3.8, 4) is 50.6 Å². The van der Waals surface area contributed by atoms with Crippen LogP contribution in [0.15, 0.2) is 111 Å². The van der Waals surface area contributed by atoms with E-state index in [4.69, 9.17) is 55.9 Å². The molecular weight excluding hydrogens is 1550 g/mol. The van der Waals surface area contributed by atoms with Gasteiger partial charge >= 0.3 is 0 Å². The molecule has 3 fully saturated rings. The Morgan fingerprint density at radius 1 is 0.454 bits per heavy atom. The van der Waals surface area contributed by atoms with E-state index in [-0.39, 0.29) is 118 Å². The number of halogens is 10. The average molecular weight is 1630 g/mol. The molecule has 3 aliphatic rings. The molecule has 0 aliphatic carbocycles. The quantitative estimate of drug-likeness (QED) is 0.0386. The highest BCUT2D eigenvalue weighted by molar-refractivity contribution is 7.62. The number of allylic oxidation sites excluding steroid dienone is 1. The first kappa shape index (κ1) is 83.4. The van der Waals surface area contributed by atoms with Gasteiger partial charge in [-0.25, -0.2) is 56.2 Å². The van der Waals surface area contributed by atoms with Crippen molar-refractivity contribution < 1.29 is 69.0 Å². The number of carbonyl (C=O) groups excluding carboxylic acids is 3. The number of hydrogen-bond acceptors (Lipinski definition) is 18. The number of carbonyl (C=O) groups is 3. The Bertz CT molecular complexity index is 5150. The van der Waals surface area contributed by atoms with Crippen LogP contribution in [0.4, 0.5) is 43.8 Å². The Balaban J connectivity index is 0.000000181. The summed E-state index contributed by atoms with van der Waals surface area (Å²) in [5.74, 6) is -3.13. The molecule has 0 unspecified atom stereocenters. The molecule has 20 nitrogen and oxygen atoms in total. The topological polar surface area (TPSA) is 235 Å². The van der Waals surface area contributed by atoms with Crippen molar-refractivity contribution in [3.05, 3.63) is 178 Å². The molecule has 0 radical (unpaired) electrons. The predicted octanol–water partition coefficient (Wildman–Crippen LogP) is 17.4. The van der Waals surface area contributed by atoms with Gasteiger partial charge in [0.2, 0.25) is 17.1 Å². The number of benzene rings is 6. The van der Waals surface area contributed by atoms with Gasteiger partial charge in [-0.2, -0.15) is 0 Å². The van der Waals surface area contributed by atoms with Gasteiger partial charge < -0.3 is 52.8 Å². The third kappa shape index (κ3) is 19.7. The number of piperazine rings is 2. The predicted molar refractivity (Wildman–Crippen MR) is 419 cm³/mol. The zero-order valence-electron chi connectivity index (χ0n) is 60.3. The van der Waals surface area contributed by atoms with Gasteiger partial charge in [-0.1, -0.05) is 72.7 Å². The summed E-state index contributed by atoms with van der Waals surface area (Å²) >= 11 is 24.2. The van der Waals surface area contributed by atoms with Crippen LogP contribution < -0.4 is 24.2 Å². The molecule has 0 bridgehead atoms. The summed E-state index contributed by atoms with van der Waals surface area (Å²) < 4.78 is 140. The lowest BCUT2D eigenvalue weighted by atomic mass is 10.0. The number of phenols is 1. The molecule has 0 atom stereocenters. The minimum atomic E-state index is -2.62. The Hall–Kier alpha value is -8.60. The Labute approximate surface area is 640 Å². The summed E-state index contributed by atoms with van der Waals surface area (Å²) in [4.78, 5) is 69.7. The fourth-order valence-electron chi connectivity index (χ4n) is 12.6. The van der Waals surface area contributed by atoms with Crippen LogP contribution in [0.25, 0.3) is 66.1 Å². The van der Waals surface area contributed by atoms with E-state index in [9.17, 15) is 46.4 Å². The molecule has 6 aromatic carbocycles. The van der Waals surface area contributed by atoms with Crippen LogP contribution in [0.3, 0.4) is 0 Å². The number of aromatic hydroxyl groups is 1. The van der Waals surface area contributed by atoms with Crippen molar-refractivity contribution in [2.45, 2.75) is 37.7 Å². The molecule has 33 heteroatoms. The van der Waals surface area contributed by atoms with Crippen LogP contribution in [0.5, 0.6) is 17.2 Å². The van der Waals surface area contributed by atoms with Gasteiger partial charge in [-0.15, -0.1) is 0 Å². The molecule has 0 spiro atoms. The second kappa shape index (κ2) is 35.4. The van der Waals surface area contributed by atoms with Crippen molar-refractivity contribution in [2.75, 3.05) is 134 Å². The van der Waals surface area contributed by atoms with Gasteiger partial charge in [0.25, 0.3) is 0 Å². The number of rotatable bonds is 17. The van der Waals surface area contributed by atoms with Crippen LogP contribution >= 0.6 is 67.8 Å². The molecule has 6 heterocycles. The lowest BCUT2D eigenvalue weighted by Crippen LogP contribution is -2.48. The minimum absolute atomic E-state index is 0.0295. The maximum atomic E-state index is 16.1. The number of amides is 2. The van der Waals surface area contributed by atoms with E-state index in [1.165, 1.54) is 81.0 Å². The van der Waals surface area contributed by atoms with Gasteiger partial charge in [0, 0.05) is 98.3 Å². The van der Waals surface area contributed by atoms with E-state index in [2.05, 4.69) is 54.5 Å². The number of hydrogen-bond donors (Lipinski definition) is 1. The summed E-state index contributed by atoms with van der Waals surface area (Å²) in [6.45, 7) is 24.7. The monoisotopic (exact) mass is 1620 g/mol. The molecule has 3 aliphatic heterocycles. The molecule has 3 saturated heterocycles.